The van der Waals surface area contributed by atoms with Crippen LogP contribution in [-0.2, 0) is 12.8 Å². The lowest BCUT2D eigenvalue weighted by Gasteiger charge is -2.23. The van der Waals surface area contributed by atoms with E-state index in [1.807, 2.05) is 18.3 Å². The molecule has 0 aliphatic heterocycles. The van der Waals surface area contributed by atoms with Crippen LogP contribution < -0.4 is 5.32 Å². The minimum absolute atomic E-state index is 0.0816. The van der Waals surface area contributed by atoms with Crippen molar-refractivity contribution in [2.75, 3.05) is 0 Å². The van der Waals surface area contributed by atoms with Gasteiger partial charge >= 0.3 is 0 Å². The zero-order chi connectivity index (χ0) is 17.8. The summed E-state index contributed by atoms with van der Waals surface area (Å²) in [5.74, 6) is 0.0816. The summed E-state index contributed by atoms with van der Waals surface area (Å²) in [6.07, 6.45) is 15.8. The standard InChI is InChI=1S/C21H25N3OS/c25-20(24-16-6-2-1-3-7-16)19-17-8-4-5-9-18(17)26-21(19)23-14-15-10-12-22-13-11-15/h10-14,16H,1-9H2,(H,24,25). The van der Waals surface area contributed by atoms with Crippen LogP contribution in [-0.4, -0.2) is 23.1 Å². The van der Waals surface area contributed by atoms with Gasteiger partial charge in [-0.3, -0.25) is 9.78 Å². The van der Waals surface area contributed by atoms with E-state index in [2.05, 4.69) is 10.3 Å². The third kappa shape index (κ3) is 3.88. The van der Waals surface area contributed by atoms with Gasteiger partial charge in [0.05, 0.1) is 5.56 Å². The van der Waals surface area contributed by atoms with Gasteiger partial charge in [-0.05, 0) is 61.8 Å². The van der Waals surface area contributed by atoms with Crippen molar-refractivity contribution in [2.45, 2.75) is 63.8 Å². The van der Waals surface area contributed by atoms with Gasteiger partial charge in [-0.2, -0.15) is 0 Å². The summed E-state index contributed by atoms with van der Waals surface area (Å²) in [5.41, 5.74) is 3.09. The summed E-state index contributed by atoms with van der Waals surface area (Å²) in [6, 6.07) is 4.19. The molecule has 1 N–H and O–H groups in total. The molecule has 0 saturated heterocycles. The Morgan fingerprint density at radius 2 is 1.88 bits per heavy atom. The first-order valence-corrected chi connectivity index (χ1v) is 10.5. The summed E-state index contributed by atoms with van der Waals surface area (Å²) < 4.78 is 0. The van der Waals surface area contributed by atoms with Crippen LogP contribution in [0.4, 0.5) is 5.00 Å². The maximum Gasteiger partial charge on any atom is 0.254 e. The number of hydrogen-bond acceptors (Lipinski definition) is 4. The highest BCUT2D eigenvalue weighted by atomic mass is 32.1. The SMILES string of the molecule is O=C(NC1CCCCC1)c1c(N=Cc2ccncc2)sc2c1CCCC2. The van der Waals surface area contributed by atoms with E-state index in [-0.39, 0.29) is 5.91 Å². The Labute approximate surface area is 158 Å². The van der Waals surface area contributed by atoms with Crippen LogP contribution in [0.5, 0.6) is 0 Å². The van der Waals surface area contributed by atoms with Crippen molar-refractivity contribution in [3.05, 3.63) is 46.1 Å². The molecule has 5 heteroatoms. The molecule has 0 radical (unpaired) electrons. The molecule has 136 valence electrons. The van der Waals surface area contributed by atoms with Gasteiger partial charge in [0.1, 0.15) is 5.00 Å². The quantitative estimate of drug-likeness (QED) is 0.787. The molecule has 26 heavy (non-hydrogen) atoms. The lowest BCUT2D eigenvalue weighted by molar-refractivity contribution is 0.0927. The number of fused-ring (bicyclic) bond motifs is 1. The normalized spacial score (nSPS) is 18.0. The zero-order valence-electron chi connectivity index (χ0n) is 15.0. The number of amides is 1. The summed E-state index contributed by atoms with van der Waals surface area (Å²) in [5, 5.41) is 4.16. The lowest BCUT2D eigenvalue weighted by Crippen LogP contribution is -2.36. The predicted molar refractivity (Wildman–Crippen MR) is 107 cm³/mol. The fourth-order valence-electron chi connectivity index (χ4n) is 3.96. The second-order valence-corrected chi connectivity index (χ2v) is 8.32. The monoisotopic (exact) mass is 367 g/mol. The van der Waals surface area contributed by atoms with Crippen LogP contribution in [0.3, 0.4) is 0 Å². The third-order valence-electron chi connectivity index (χ3n) is 5.36. The maximum absolute atomic E-state index is 13.1. The summed E-state index contributed by atoms with van der Waals surface area (Å²) in [6.45, 7) is 0. The molecule has 1 saturated carbocycles. The molecule has 0 aromatic carbocycles. The van der Waals surface area contributed by atoms with Crippen LogP contribution in [0.1, 0.15) is 71.3 Å². The molecule has 4 rings (SSSR count). The van der Waals surface area contributed by atoms with Gasteiger partial charge in [0, 0.05) is 29.5 Å². The largest absolute Gasteiger partial charge is 0.349 e. The van der Waals surface area contributed by atoms with Crippen LogP contribution in [0.2, 0.25) is 0 Å². The van der Waals surface area contributed by atoms with Crippen molar-refractivity contribution in [3.63, 3.8) is 0 Å². The molecule has 0 unspecified atom stereocenters. The Balaban J connectivity index is 1.62. The predicted octanol–water partition coefficient (Wildman–Crippen LogP) is 4.84. The minimum Gasteiger partial charge on any atom is -0.349 e. The Morgan fingerprint density at radius 1 is 1.12 bits per heavy atom. The Hall–Kier alpha value is -2.01. The van der Waals surface area contributed by atoms with E-state index in [0.29, 0.717) is 6.04 Å². The van der Waals surface area contributed by atoms with Crippen molar-refractivity contribution in [3.8, 4) is 0 Å². The highest BCUT2D eigenvalue weighted by molar-refractivity contribution is 7.16. The van der Waals surface area contributed by atoms with E-state index < -0.39 is 0 Å². The lowest BCUT2D eigenvalue weighted by atomic mass is 9.93. The average molecular weight is 368 g/mol. The maximum atomic E-state index is 13.1. The van der Waals surface area contributed by atoms with Gasteiger partial charge in [-0.25, -0.2) is 4.99 Å². The second-order valence-electron chi connectivity index (χ2n) is 7.24. The van der Waals surface area contributed by atoms with Crippen LogP contribution in [0, 0.1) is 0 Å². The van der Waals surface area contributed by atoms with Gasteiger partial charge in [-0.15, -0.1) is 11.3 Å². The van der Waals surface area contributed by atoms with E-state index in [1.54, 1.807) is 23.7 Å². The van der Waals surface area contributed by atoms with Gasteiger partial charge in [0.25, 0.3) is 5.91 Å². The van der Waals surface area contributed by atoms with Gasteiger partial charge in [0.2, 0.25) is 0 Å². The number of aliphatic imine (C=N–C) groups is 1. The van der Waals surface area contributed by atoms with Gasteiger partial charge in [-0.1, -0.05) is 19.3 Å². The van der Waals surface area contributed by atoms with Crippen molar-refractivity contribution < 1.29 is 4.79 Å². The Kier molecular flexibility index (Phi) is 5.44. The Bertz CT molecular complexity index is 791. The number of nitrogens with zero attached hydrogens (tertiary/aromatic N) is 2. The number of carbonyl (C=O) groups is 1. The molecule has 2 heterocycles. The number of aryl methyl sites for hydroxylation is 1. The van der Waals surface area contributed by atoms with Crippen molar-refractivity contribution in [1.29, 1.82) is 0 Å². The second kappa shape index (κ2) is 8.12. The molecule has 2 aliphatic rings. The Morgan fingerprint density at radius 3 is 2.69 bits per heavy atom. The molecule has 2 aromatic heterocycles. The number of aromatic nitrogens is 1. The average Bonchev–Trinajstić information content (AvgIpc) is 3.06. The number of nitrogens with one attached hydrogen (secondary N) is 1. The fourth-order valence-corrected chi connectivity index (χ4v) is 5.19. The molecule has 2 aromatic rings. The first-order valence-electron chi connectivity index (χ1n) is 9.71. The first-order chi connectivity index (χ1) is 12.8. The number of hydrogen-bond donors (Lipinski definition) is 1. The molecule has 1 fully saturated rings. The minimum atomic E-state index is 0.0816. The van der Waals surface area contributed by atoms with Crippen molar-refractivity contribution in [1.82, 2.24) is 10.3 Å². The van der Waals surface area contributed by atoms with Crippen LogP contribution in [0.25, 0.3) is 0 Å². The number of pyridine rings is 1. The third-order valence-corrected chi connectivity index (χ3v) is 6.56. The van der Waals surface area contributed by atoms with Crippen molar-refractivity contribution in [2.24, 2.45) is 4.99 Å². The first kappa shape index (κ1) is 17.4. The molecule has 0 atom stereocenters. The summed E-state index contributed by atoms with van der Waals surface area (Å²) in [7, 11) is 0. The highest BCUT2D eigenvalue weighted by Gasteiger charge is 2.26. The zero-order valence-corrected chi connectivity index (χ0v) is 15.9. The molecule has 0 spiro atoms. The van der Waals surface area contributed by atoms with Crippen molar-refractivity contribution >= 4 is 28.5 Å². The number of carbonyl (C=O) groups excluding carboxylic acids is 1. The summed E-state index contributed by atoms with van der Waals surface area (Å²) in [4.78, 5) is 23.2. The topological polar surface area (TPSA) is 54.4 Å². The van der Waals surface area contributed by atoms with E-state index in [1.165, 1.54) is 42.5 Å². The molecule has 1 amide bonds. The van der Waals surface area contributed by atoms with Crippen LogP contribution >= 0.6 is 11.3 Å². The van der Waals surface area contributed by atoms with E-state index in [9.17, 15) is 4.79 Å². The fraction of sp³-hybridized carbons (Fsp3) is 0.476. The van der Waals surface area contributed by atoms with Crippen LogP contribution in [0.15, 0.2) is 29.5 Å². The molecule has 4 nitrogen and oxygen atoms in total. The summed E-state index contributed by atoms with van der Waals surface area (Å²) >= 11 is 1.70. The van der Waals surface area contributed by atoms with E-state index >= 15 is 0 Å². The van der Waals surface area contributed by atoms with E-state index in [4.69, 9.17) is 4.99 Å². The highest BCUT2D eigenvalue weighted by Crippen LogP contribution is 2.40. The van der Waals surface area contributed by atoms with Gasteiger partial charge in [0.15, 0.2) is 0 Å². The molecular formula is C21H25N3OS. The molecular weight excluding hydrogens is 342 g/mol. The molecule has 2 aliphatic carbocycles. The number of rotatable bonds is 4. The smallest absolute Gasteiger partial charge is 0.254 e. The number of thiophene rings is 1. The van der Waals surface area contributed by atoms with Gasteiger partial charge < -0.3 is 5.32 Å². The molecule has 0 bridgehead atoms. The van der Waals surface area contributed by atoms with E-state index in [0.717, 1.165) is 41.8 Å².